The van der Waals surface area contributed by atoms with Crippen molar-refractivity contribution in [3.8, 4) is 11.5 Å². The van der Waals surface area contributed by atoms with Crippen molar-refractivity contribution in [2.45, 2.75) is 44.6 Å². The Hall–Kier alpha value is -1.95. The number of amides is 2. The minimum Gasteiger partial charge on any atom is -0.493 e. The standard InChI is InChI=1S/C22H35N3O3/c1-24(16-18-7-6-14-25-13-5-4-8-19(18)25)22(26)23-12-11-17-9-10-20(27-2)21(15-17)28-3/h9-10,15,18-19H,4-8,11-14,16H2,1-3H3,(H,23,26)/t18-,19+/m0/s1. The molecule has 1 N–H and O–H groups in total. The maximum atomic E-state index is 12.5. The number of nitrogens with one attached hydrogen (secondary N) is 1. The number of fused-ring (bicyclic) bond motifs is 1. The zero-order valence-corrected chi connectivity index (χ0v) is 17.6. The molecule has 28 heavy (non-hydrogen) atoms. The van der Waals surface area contributed by atoms with E-state index in [1.807, 2.05) is 30.1 Å². The minimum absolute atomic E-state index is 0.0217. The van der Waals surface area contributed by atoms with E-state index in [-0.39, 0.29) is 6.03 Å². The van der Waals surface area contributed by atoms with Crippen LogP contribution in [0.15, 0.2) is 18.2 Å². The van der Waals surface area contributed by atoms with Gasteiger partial charge in [0.15, 0.2) is 11.5 Å². The third-order valence-corrected chi connectivity index (χ3v) is 6.22. The first-order chi connectivity index (χ1) is 13.6. The molecule has 2 fully saturated rings. The number of piperidine rings is 2. The molecular formula is C22H35N3O3. The smallest absolute Gasteiger partial charge is 0.317 e. The van der Waals surface area contributed by atoms with Gasteiger partial charge >= 0.3 is 6.03 Å². The molecule has 0 radical (unpaired) electrons. The van der Waals surface area contributed by atoms with Gasteiger partial charge in [-0.1, -0.05) is 12.5 Å². The minimum atomic E-state index is 0.0217. The molecule has 2 heterocycles. The van der Waals surface area contributed by atoms with Crippen LogP contribution in [0, 0.1) is 5.92 Å². The largest absolute Gasteiger partial charge is 0.493 e. The van der Waals surface area contributed by atoms with E-state index >= 15 is 0 Å². The lowest BCUT2D eigenvalue weighted by molar-refractivity contribution is 0.0487. The molecule has 2 aliphatic heterocycles. The molecule has 0 saturated carbocycles. The van der Waals surface area contributed by atoms with Crippen molar-refractivity contribution < 1.29 is 14.3 Å². The SMILES string of the molecule is COc1ccc(CCNC(=O)N(C)C[C@@H]2CCCN3CCCC[C@H]23)cc1OC. The van der Waals surface area contributed by atoms with Crippen LogP contribution in [-0.2, 0) is 6.42 Å². The van der Waals surface area contributed by atoms with Crippen LogP contribution in [0.25, 0.3) is 0 Å². The first-order valence-electron chi connectivity index (χ1n) is 10.6. The number of carbonyl (C=O) groups is 1. The Balaban J connectivity index is 1.45. The van der Waals surface area contributed by atoms with E-state index in [4.69, 9.17) is 9.47 Å². The molecule has 2 atom stereocenters. The molecule has 1 aromatic carbocycles. The molecule has 2 aliphatic rings. The van der Waals surface area contributed by atoms with Crippen molar-refractivity contribution in [3.63, 3.8) is 0 Å². The number of hydrogen-bond acceptors (Lipinski definition) is 4. The maximum absolute atomic E-state index is 12.5. The fourth-order valence-electron chi connectivity index (χ4n) is 4.71. The molecule has 0 unspecified atom stereocenters. The lowest BCUT2D eigenvalue weighted by atomic mass is 9.83. The number of methoxy groups -OCH3 is 2. The van der Waals surface area contributed by atoms with Gasteiger partial charge < -0.3 is 24.6 Å². The Morgan fingerprint density at radius 1 is 1.14 bits per heavy atom. The van der Waals surface area contributed by atoms with Crippen molar-refractivity contribution in [2.24, 2.45) is 5.92 Å². The highest BCUT2D eigenvalue weighted by Crippen LogP contribution is 2.31. The van der Waals surface area contributed by atoms with Crippen molar-refractivity contribution in [3.05, 3.63) is 23.8 Å². The van der Waals surface area contributed by atoms with E-state index in [2.05, 4.69) is 10.2 Å². The van der Waals surface area contributed by atoms with Gasteiger partial charge in [0.2, 0.25) is 0 Å². The quantitative estimate of drug-likeness (QED) is 0.778. The summed E-state index contributed by atoms with van der Waals surface area (Å²) in [7, 11) is 5.19. The van der Waals surface area contributed by atoms with Gasteiger partial charge in [-0.2, -0.15) is 0 Å². The highest BCUT2D eigenvalue weighted by atomic mass is 16.5. The van der Waals surface area contributed by atoms with Gasteiger partial charge in [-0.3, -0.25) is 0 Å². The van der Waals surface area contributed by atoms with E-state index in [0.29, 0.717) is 18.5 Å². The molecule has 1 aromatic rings. The van der Waals surface area contributed by atoms with E-state index in [0.717, 1.165) is 30.0 Å². The van der Waals surface area contributed by atoms with Gasteiger partial charge in [0, 0.05) is 26.2 Å². The number of rotatable bonds is 7. The van der Waals surface area contributed by atoms with Crippen LogP contribution in [0.5, 0.6) is 11.5 Å². The molecule has 156 valence electrons. The van der Waals surface area contributed by atoms with Crippen molar-refractivity contribution in [1.29, 1.82) is 0 Å². The van der Waals surface area contributed by atoms with Crippen LogP contribution in [0.1, 0.15) is 37.7 Å². The summed E-state index contributed by atoms with van der Waals surface area (Å²) >= 11 is 0. The third kappa shape index (κ3) is 5.10. The first-order valence-corrected chi connectivity index (χ1v) is 10.6. The summed E-state index contributed by atoms with van der Waals surface area (Å²) in [6.45, 7) is 3.94. The monoisotopic (exact) mass is 389 g/mol. The van der Waals surface area contributed by atoms with E-state index in [9.17, 15) is 4.79 Å². The predicted octanol–water partition coefficient (Wildman–Crippen LogP) is 3.15. The molecular weight excluding hydrogens is 354 g/mol. The topological polar surface area (TPSA) is 54.0 Å². The molecule has 2 amide bonds. The number of urea groups is 1. The highest BCUT2D eigenvalue weighted by molar-refractivity contribution is 5.73. The fourth-order valence-corrected chi connectivity index (χ4v) is 4.71. The number of hydrogen-bond donors (Lipinski definition) is 1. The second kappa shape index (κ2) is 10.0. The Labute approximate surface area is 169 Å². The number of benzene rings is 1. The van der Waals surface area contributed by atoms with Crippen LogP contribution in [0.2, 0.25) is 0 Å². The van der Waals surface area contributed by atoms with Crippen LogP contribution < -0.4 is 14.8 Å². The molecule has 0 spiro atoms. The zero-order chi connectivity index (χ0) is 19.9. The van der Waals surface area contributed by atoms with Crippen LogP contribution in [0.3, 0.4) is 0 Å². The Bertz CT molecular complexity index is 650. The molecule has 6 heteroatoms. The molecule has 0 aromatic heterocycles. The maximum Gasteiger partial charge on any atom is 0.317 e. The third-order valence-electron chi connectivity index (χ3n) is 6.22. The predicted molar refractivity (Wildman–Crippen MR) is 111 cm³/mol. The van der Waals surface area contributed by atoms with Gasteiger partial charge in [-0.15, -0.1) is 0 Å². The highest BCUT2D eigenvalue weighted by Gasteiger charge is 2.33. The van der Waals surface area contributed by atoms with Crippen LogP contribution in [-0.4, -0.2) is 69.3 Å². The Morgan fingerprint density at radius 3 is 2.71 bits per heavy atom. The average Bonchev–Trinajstić information content (AvgIpc) is 2.73. The van der Waals surface area contributed by atoms with Crippen molar-refractivity contribution in [1.82, 2.24) is 15.1 Å². The average molecular weight is 390 g/mol. The zero-order valence-electron chi connectivity index (χ0n) is 17.6. The molecule has 0 bridgehead atoms. The normalized spacial score (nSPS) is 22.2. The van der Waals surface area contributed by atoms with Gasteiger partial charge in [0.1, 0.15) is 0 Å². The van der Waals surface area contributed by atoms with Gasteiger partial charge in [-0.05, 0) is 68.8 Å². The van der Waals surface area contributed by atoms with E-state index < -0.39 is 0 Å². The Kier molecular flexibility index (Phi) is 7.43. The second-order valence-electron chi connectivity index (χ2n) is 8.05. The molecule has 0 aliphatic carbocycles. The Morgan fingerprint density at radius 2 is 1.93 bits per heavy atom. The van der Waals surface area contributed by atoms with Crippen LogP contribution >= 0.6 is 0 Å². The van der Waals surface area contributed by atoms with Crippen LogP contribution in [0.4, 0.5) is 4.79 Å². The lowest BCUT2D eigenvalue weighted by Crippen LogP contribution is -2.52. The summed E-state index contributed by atoms with van der Waals surface area (Å²) in [5, 5.41) is 3.06. The number of ether oxygens (including phenoxy) is 2. The number of carbonyl (C=O) groups excluding carboxylic acids is 1. The van der Waals surface area contributed by atoms with Gasteiger partial charge in [-0.25, -0.2) is 4.79 Å². The summed E-state index contributed by atoms with van der Waals surface area (Å²) < 4.78 is 10.6. The van der Waals surface area contributed by atoms with Gasteiger partial charge in [0.25, 0.3) is 0 Å². The van der Waals surface area contributed by atoms with Gasteiger partial charge in [0.05, 0.1) is 14.2 Å². The van der Waals surface area contributed by atoms with E-state index in [1.165, 1.54) is 45.2 Å². The first kappa shape index (κ1) is 20.8. The fraction of sp³-hybridized carbons (Fsp3) is 0.682. The van der Waals surface area contributed by atoms with E-state index in [1.54, 1.807) is 14.2 Å². The number of nitrogens with zero attached hydrogens (tertiary/aromatic N) is 2. The molecule has 6 nitrogen and oxygen atoms in total. The lowest BCUT2D eigenvalue weighted by Gasteiger charge is -2.45. The molecule has 3 rings (SSSR count). The summed E-state index contributed by atoms with van der Waals surface area (Å²) in [6.07, 6.45) is 7.22. The van der Waals surface area contributed by atoms with Crippen molar-refractivity contribution in [2.75, 3.05) is 47.4 Å². The van der Waals surface area contributed by atoms with Crippen molar-refractivity contribution >= 4 is 6.03 Å². The summed E-state index contributed by atoms with van der Waals surface area (Å²) in [5.41, 5.74) is 1.12. The summed E-state index contributed by atoms with van der Waals surface area (Å²) in [6, 6.07) is 6.57. The summed E-state index contributed by atoms with van der Waals surface area (Å²) in [4.78, 5) is 17.1. The molecule has 2 saturated heterocycles. The summed E-state index contributed by atoms with van der Waals surface area (Å²) in [5.74, 6) is 2.05. The second-order valence-corrected chi connectivity index (χ2v) is 8.05.